The molecular weight excluding hydrogens is 326 g/mol. The third-order valence-electron chi connectivity index (χ3n) is 4.21. The maximum Gasteiger partial charge on any atom is 0.167 e. The van der Waals surface area contributed by atoms with E-state index in [4.69, 9.17) is 16.2 Å². The van der Waals surface area contributed by atoms with Crippen LogP contribution in [0.4, 0.5) is 5.82 Å². The predicted molar refractivity (Wildman–Crippen MR) is 91.4 cm³/mol. The molecule has 1 aliphatic rings. The summed E-state index contributed by atoms with van der Waals surface area (Å²) in [7, 11) is 1.90. The number of likely N-dealkylation sites (N-methyl/N-ethyl adjacent to an activating group) is 1. The highest BCUT2D eigenvalue weighted by Gasteiger charge is 2.44. The number of fused-ring (bicyclic) bond motifs is 1. The number of hydrogen-bond donors (Lipinski definition) is 4. The zero-order chi connectivity index (χ0) is 18.0. The smallest absolute Gasteiger partial charge is 0.167 e. The molecule has 2 aromatic heterocycles. The first-order valence-electron chi connectivity index (χ1n) is 8.01. The fourth-order valence-corrected chi connectivity index (χ4v) is 2.90. The predicted octanol–water partition coefficient (Wildman–Crippen LogP) is -1.53. The third kappa shape index (κ3) is 3.48. The molecule has 0 radical (unpaired) electrons. The quantitative estimate of drug-likeness (QED) is 0.456. The van der Waals surface area contributed by atoms with Gasteiger partial charge in [-0.25, -0.2) is 15.0 Å². The van der Waals surface area contributed by atoms with Crippen LogP contribution in [0, 0.1) is 0 Å². The van der Waals surface area contributed by atoms with Crippen LogP contribution in [0.1, 0.15) is 6.23 Å². The van der Waals surface area contributed by atoms with Crippen LogP contribution in [-0.2, 0) is 4.74 Å². The molecule has 3 rings (SSSR count). The number of rotatable bonds is 6. The molecule has 1 aliphatic heterocycles. The van der Waals surface area contributed by atoms with Crippen molar-refractivity contribution < 1.29 is 14.9 Å². The lowest BCUT2D eigenvalue weighted by molar-refractivity contribution is -0.0414. The first-order chi connectivity index (χ1) is 12.0. The van der Waals surface area contributed by atoms with Crippen LogP contribution in [0.3, 0.4) is 0 Å². The highest BCUT2D eigenvalue weighted by atomic mass is 16.6. The number of imidazole rings is 1. The molecule has 0 saturated carbocycles. The average Bonchev–Trinajstić information content (AvgIpc) is 3.13. The minimum Gasteiger partial charge on any atom is -0.387 e. The number of nitrogen functional groups attached to an aromatic ring is 1. The normalized spacial score (nSPS) is 27.1. The summed E-state index contributed by atoms with van der Waals surface area (Å²) in [4.78, 5) is 14.2. The van der Waals surface area contributed by atoms with Crippen LogP contribution in [0.2, 0.25) is 0 Å². The van der Waals surface area contributed by atoms with E-state index < -0.39 is 24.5 Å². The van der Waals surface area contributed by atoms with Gasteiger partial charge in [-0.3, -0.25) is 4.57 Å². The molecule has 10 nitrogen and oxygen atoms in total. The summed E-state index contributed by atoms with van der Waals surface area (Å²) < 4.78 is 7.45. The molecule has 25 heavy (non-hydrogen) atoms. The Morgan fingerprint density at radius 2 is 2.08 bits per heavy atom. The Hall–Kier alpha value is -2.11. The number of aliphatic hydroxyl groups excluding tert-OH is 2. The number of ether oxygens (including phenoxy) is 1. The third-order valence-corrected chi connectivity index (χ3v) is 4.21. The maximum atomic E-state index is 10.4. The molecule has 4 atom stereocenters. The average molecular weight is 349 g/mol. The lowest BCUT2D eigenvalue weighted by Gasteiger charge is -2.21. The van der Waals surface area contributed by atoms with Gasteiger partial charge in [0.05, 0.1) is 6.33 Å². The van der Waals surface area contributed by atoms with E-state index >= 15 is 0 Å². The highest BCUT2D eigenvalue weighted by molar-refractivity contribution is 5.81. The van der Waals surface area contributed by atoms with E-state index in [2.05, 4.69) is 15.0 Å². The van der Waals surface area contributed by atoms with Crippen molar-refractivity contribution >= 4 is 17.0 Å². The van der Waals surface area contributed by atoms with E-state index in [9.17, 15) is 10.2 Å². The summed E-state index contributed by atoms with van der Waals surface area (Å²) in [5.74, 6) is 0.250. The van der Waals surface area contributed by atoms with Crippen LogP contribution in [0.5, 0.6) is 0 Å². The number of nitrogens with zero attached hydrogens (tertiary/aromatic N) is 5. The SMILES string of the molecule is CN(C/C=C\CN)CC1OC(n2cnc3c(N)ncnc32)C(O)C1O. The van der Waals surface area contributed by atoms with E-state index in [-0.39, 0.29) is 5.82 Å². The zero-order valence-electron chi connectivity index (χ0n) is 13.9. The molecule has 4 unspecified atom stereocenters. The molecule has 136 valence electrons. The lowest BCUT2D eigenvalue weighted by atomic mass is 10.1. The second-order valence-electron chi connectivity index (χ2n) is 6.06. The van der Waals surface area contributed by atoms with Gasteiger partial charge in [0.25, 0.3) is 0 Å². The summed E-state index contributed by atoms with van der Waals surface area (Å²) in [6, 6.07) is 0. The van der Waals surface area contributed by atoms with E-state index in [1.807, 2.05) is 24.1 Å². The van der Waals surface area contributed by atoms with Crippen molar-refractivity contribution in [2.24, 2.45) is 5.73 Å². The molecule has 3 heterocycles. The summed E-state index contributed by atoms with van der Waals surface area (Å²) in [6.45, 7) is 1.60. The summed E-state index contributed by atoms with van der Waals surface area (Å²) >= 11 is 0. The van der Waals surface area contributed by atoms with Gasteiger partial charge < -0.3 is 31.3 Å². The summed E-state index contributed by atoms with van der Waals surface area (Å²) in [5, 5.41) is 20.8. The summed E-state index contributed by atoms with van der Waals surface area (Å²) in [5.41, 5.74) is 12.1. The molecule has 10 heteroatoms. The second-order valence-corrected chi connectivity index (χ2v) is 6.06. The zero-order valence-corrected chi connectivity index (χ0v) is 13.9. The van der Waals surface area contributed by atoms with Gasteiger partial charge in [0.1, 0.15) is 30.2 Å². The molecule has 0 aliphatic carbocycles. The number of anilines is 1. The Morgan fingerprint density at radius 3 is 2.84 bits per heavy atom. The molecule has 1 fully saturated rings. The van der Waals surface area contributed by atoms with Crippen LogP contribution in [0.15, 0.2) is 24.8 Å². The van der Waals surface area contributed by atoms with Crippen molar-refractivity contribution in [3.63, 3.8) is 0 Å². The Morgan fingerprint density at radius 1 is 1.28 bits per heavy atom. The van der Waals surface area contributed by atoms with Crippen LogP contribution in [-0.4, -0.2) is 79.6 Å². The van der Waals surface area contributed by atoms with E-state index in [1.54, 1.807) is 4.57 Å². The van der Waals surface area contributed by atoms with E-state index in [1.165, 1.54) is 12.7 Å². The van der Waals surface area contributed by atoms with E-state index in [0.717, 1.165) is 0 Å². The van der Waals surface area contributed by atoms with Gasteiger partial charge in [0.15, 0.2) is 17.7 Å². The fraction of sp³-hybridized carbons (Fsp3) is 0.533. The molecule has 2 aromatic rings. The number of aromatic nitrogens is 4. The summed E-state index contributed by atoms with van der Waals surface area (Å²) in [6.07, 6.45) is 3.13. The second kappa shape index (κ2) is 7.42. The van der Waals surface area contributed by atoms with Crippen molar-refractivity contribution in [1.82, 2.24) is 24.4 Å². The minimum atomic E-state index is -1.11. The van der Waals surface area contributed by atoms with Gasteiger partial charge >= 0.3 is 0 Å². The van der Waals surface area contributed by atoms with Gasteiger partial charge in [0.2, 0.25) is 0 Å². The van der Waals surface area contributed by atoms with Gasteiger partial charge in [-0.05, 0) is 7.05 Å². The Labute approximate surface area is 144 Å². The molecule has 1 saturated heterocycles. The van der Waals surface area contributed by atoms with Gasteiger partial charge in [-0.1, -0.05) is 12.2 Å². The Kier molecular flexibility index (Phi) is 5.25. The van der Waals surface area contributed by atoms with Gasteiger partial charge in [0, 0.05) is 19.6 Å². The molecular formula is C15H23N7O3. The minimum absolute atomic E-state index is 0.250. The number of hydrogen-bond acceptors (Lipinski definition) is 9. The first kappa shape index (κ1) is 17.7. The van der Waals surface area contributed by atoms with Crippen LogP contribution < -0.4 is 11.5 Å². The monoisotopic (exact) mass is 349 g/mol. The first-order valence-corrected chi connectivity index (χ1v) is 8.01. The largest absolute Gasteiger partial charge is 0.387 e. The fourth-order valence-electron chi connectivity index (χ4n) is 2.90. The van der Waals surface area contributed by atoms with Crippen molar-refractivity contribution in [3.05, 3.63) is 24.8 Å². The molecule has 0 amide bonds. The van der Waals surface area contributed by atoms with Crippen LogP contribution >= 0.6 is 0 Å². The molecule has 6 N–H and O–H groups in total. The molecule has 0 spiro atoms. The lowest BCUT2D eigenvalue weighted by Crippen LogP contribution is -2.38. The topological polar surface area (TPSA) is 149 Å². The Balaban J connectivity index is 1.75. The van der Waals surface area contributed by atoms with Crippen molar-refractivity contribution in [3.8, 4) is 0 Å². The van der Waals surface area contributed by atoms with Gasteiger partial charge in [-0.2, -0.15) is 0 Å². The number of nitrogens with two attached hydrogens (primary N) is 2. The standard InChI is InChI=1S/C15H23N7O3/c1-21(5-3-2-4-16)6-9-11(23)12(24)15(25-9)22-8-20-10-13(17)18-7-19-14(10)22/h2-3,7-9,11-12,15,23-24H,4-6,16H2,1H3,(H2,17,18,19)/b3-2-. The highest BCUT2D eigenvalue weighted by Crippen LogP contribution is 2.32. The Bertz CT molecular complexity index is 750. The van der Waals surface area contributed by atoms with Crippen molar-refractivity contribution in [2.45, 2.75) is 24.5 Å². The van der Waals surface area contributed by atoms with E-state index in [0.29, 0.717) is 30.8 Å². The molecule has 0 bridgehead atoms. The maximum absolute atomic E-state index is 10.4. The number of aliphatic hydroxyl groups is 2. The van der Waals surface area contributed by atoms with Crippen molar-refractivity contribution in [1.29, 1.82) is 0 Å². The van der Waals surface area contributed by atoms with Crippen LogP contribution in [0.25, 0.3) is 11.2 Å². The molecule has 0 aromatic carbocycles. The van der Waals surface area contributed by atoms with Crippen molar-refractivity contribution in [2.75, 3.05) is 32.4 Å². The van der Waals surface area contributed by atoms with Gasteiger partial charge in [-0.15, -0.1) is 0 Å².